The molecule has 56 valence electrons. The number of aromatic nitrogens is 3. The summed E-state index contributed by atoms with van der Waals surface area (Å²) in [7, 11) is 0. The van der Waals surface area contributed by atoms with E-state index in [1.165, 1.54) is 0 Å². The Labute approximate surface area is 77.6 Å². The average Bonchev–Trinajstić information content (AvgIpc) is 2.35. The van der Waals surface area contributed by atoms with Crippen LogP contribution in [-0.4, -0.2) is 14.8 Å². The predicted octanol–water partition coefficient (Wildman–Crippen LogP) is 1.64. The van der Waals surface area contributed by atoms with Gasteiger partial charge in [0, 0.05) is 0 Å². The van der Waals surface area contributed by atoms with Gasteiger partial charge in [0.25, 0.3) is 0 Å². The van der Waals surface area contributed by atoms with Crippen LogP contribution >= 0.6 is 22.6 Å². The second-order valence-corrected chi connectivity index (χ2v) is 3.43. The molecule has 11 heavy (non-hydrogen) atoms. The van der Waals surface area contributed by atoms with Crippen LogP contribution in [0.4, 0.5) is 0 Å². The molecule has 2 rings (SSSR count). The van der Waals surface area contributed by atoms with Gasteiger partial charge in [0.1, 0.15) is 3.70 Å². The SMILES string of the molecule is Cc1nnn2c(I)cccc12. The third-order valence-corrected chi connectivity index (χ3v) is 2.39. The van der Waals surface area contributed by atoms with Gasteiger partial charge in [-0.2, -0.15) is 0 Å². The minimum absolute atomic E-state index is 0.975. The first-order valence-corrected chi connectivity index (χ1v) is 4.33. The van der Waals surface area contributed by atoms with Crippen molar-refractivity contribution >= 4 is 28.1 Å². The first-order valence-electron chi connectivity index (χ1n) is 3.25. The summed E-state index contributed by atoms with van der Waals surface area (Å²) in [6.07, 6.45) is 0. The first-order chi connectivity index (χ1) is 5.29. The summed E-state index contributed by atoms with van der Waals surface area (Å²) in [5.74, 6) is 0. The van der Waals surface area contributed by atoms with Crippen LogP contribution in [0, 0.1) is 10.6 Å². The predicted molar refractivity (Wildman–Crippen MR) is 50.4 cm³/mol. The Morgan fingerprint density at radius 1 is 1.45 bits per heavy atom. The second-order valence-electron chi connectivity index (χ2n) is 2.32. The quantitative estimate of drug-likeness (QED) is 0.531. The third-order valence-electron chi connectivity index (χ3n) is 1.57. The zero-order chi connectivity index (χ0) is 7.84. The van der Waals surface area contributed by atoms with Crippen LogP contribution in [0.2, 0.25) is 0 Å². The monoisotopic (exact) mass is 259 g/mol. The fourth-order valence-corrected chi connectivity index (χ4v) is 1.57. The number of nitrogens with zero attached hydrogens (tertiary/aromatic N) is 3. The Morgan fingerprint density at radius 3 is 3.00 bits per heavy atom. The van der Waals surface area contributed by atoms with Gasteiger partial charge in [0.2, 0.25) is 0 Å². The van der Waals surface area contributed by atoms with E-state index in [1.807, 2.05) is 29.6 Å². The number of pyridine rings is 1. The van der Waals surface area contributed by atoms with Gasteiger partial charge in [-0.3, -0.25) is 0 Å². The summed E-state index contributed by atoms with van der Waals surface area (Å²) >= 11 is 2.23. The van der Waals surface area contributed by atoms with Gasteiger partial charge in [-0.05, 0) is 41.6 Å². The number of halogens is 1. The summed E-state index contributed by atoms with van der Waals surface area (Å²) in [6.45, 7) is 1.96. The molecule has 0 aliphatic rings. The Hall–Kier alpha value is -0.650. The van der Waals surface area contributed by atoms with Crippen LogP contribution in [0.3, 0.4) is 0 Å². The summed E-state index contributed by atoms with van der Waals surface area (Å²) in [6, 6.07) is 6.02. The van der Waals surface area contributed by atoms with E-state index in [0.29, 0.717) is 0 Å². The van der Waals surface area contributed by atoms with Gasteiger partial charge < -0.3 is 0 Å². The van der Waals surface area contributed by atoms with Crippen molar-refractivity contribution in [1.82, 2.24) is 14.8 Å². The van der Waals surface area contributed by atoms with Gasteiger partial charge in [0.05, 0.1) is 11.2 Å². The number of aryl methyl sites for hydroxylation is 1. The molecule has 0 saturated heterocycles. The number of fused-ring (bicyclic) bond motifs is 1. The van der Waals surface area contributed by atoms with E-state index in [4.69, 9.17) is 0 Å². The molecule has 0 spiro atoms. The number of hydrogen-bond donors (Lipinski definition) is 0. The molecule has 0 unspecified atom stereocenters. The van der Waals surface area contributed by atoms with Crippen LogP contribution in [0.25, 0.3) is 5.52 Å². The van der Waals surface area contributed by atoms with Crippen molar-refractivity contribution in [3.05, 3.63) is 27.6 Å². The van der Waals surface area contributed by atoms with Crippen LogP contribution in [-0.2, 0) is 0 Å². The largest absolute Gasteiger partial charge is 0.207 e. The fourth-order valence-electron chi connectivity index (χ4n) is 1.00. The van der Waals surface area contributed by atoms with Gasteiger partial charge >= 0.3 is 0 Å². The molecular weight excluding hydrogens is 253 g/mol. The van der Waals surface area contributed by atoms with Crippen LogP contribution in [0.1, 0.15) is 5.69 Å². The molecule has 0 N–H and O–H groups in total. The Kier molecular flexibility index (Phi) is 1.56. The van der Waals surface area contributed by atoms with Gasteiger partial charge in [-0.25, -0.2) is 4.52 Å². The molecule has 0 amide bonds. The summed E-state index contributed by atoms with van der Waals surface area (Å²) in [5, 5.41) is 7.94. The van der Waals surface area contributed by atoms with E-state index in [-0.39, 0.29) is 0 Å². The first kappa shape index (κ1) is 7.02. The highest BCUT2D eigenvalue weighted by atomic mass is 127. The van der Waals surface area contributed by atoms with E-state index in [1.54, 1.807) is 0 Å². The highest BCUT2D eigenvalue weighted by molar-refractivity contribution is 14.1. The maximum absolute atomic E-state index is 3.98. The molecule has 0 atom stereocenters. The topological polar surface area (TPSA) is 30.2 Å². The maximum atomic E-state index is 3.98. The smallest absolute Gasteiger partial charge is 0.105 e. The molecule has 4 heteroatoms. The average molecular weight is 259 g/mol. The standard InChI is InChI=1S/C7H6IN3/c1-5-6-3-2-4-7(8)11(6)10-9-5/h2-4H,1H3. The van der Waals surface area contributed by atoms with Crippen molar-refractivity contribution in [1.29, 1.82) is 0 Å². The van der Waals surface area contributed by atoms with Gasteiger partial charge in [-0.1, -0.05) is 11.3 Å². The minimum Gasteiger partial charge on any atom is -0.207 e. The molecule has 2 aromatic heterocycles. The molecule has 0 aliphatic carbocycles. The third kappa shape index (κ3) is 1.01. The van der Waals surface area contributed by atoms with E-state index in [2.05, 4.69) is 32.9 Å². The lowest BCUT2D eigenvalue weighted by Gasteiger charge is -1.93. The number of hydrogen-bond acceptors (Lipinski definition) is 2. The molecule has 3 nitrogen and oxygen atoms in total. The van der Waals surface area contributed by atoms with E-state index < -0.39 is 0 Å². The van der Waals surface area contributed by atoms with Crippen molar-refractivity contribution in [3.63, 3.8) is 0 Å². The van der Waals surface area contributed by atoms with Crippen molar-refractivity contribution < 1.29 is 0 Å². The molecule has 0 bridgehead atoms. The van der Waals surface area contributed by atoms with Crippen LogP contribution in [0.5, 0.6) is 0 Å². The molecule has 0 radical (unpaired) electrons. The summed E-state index contributed by atoms with van der Waals surface area (Å²) in [4.78, 5) is 0. The minimum atomic E-state index is 0.975. The lowest BCUT2D eigenvalue weighted by atomic mass is 10.3. The van der Waals surface area contributed by atoms with E-state index in [9.17, 15) is 0 Å². The molecule has 2 aromatic rings. The Morgan fingerprint density at radius 2 is 2.27 bits per heavy atom. The Balaban J connectivity index is 2.94. The highest BCUT2D eigenvalue weighted by Gasteiger charge is 2.01. The molecule has 0 aliphatic heterocycles. The second kappa shape index (κ2) is 2.44. The normalized spacial score (nSPS) is 10.7. The molecule has 0 fully saturated rings. The van der Waals surface area contributed by atoms with Crippen LogP contribution in [0.15, 0.2) is 18.2 Å². The van der Waals surface area contributed by atoms with Crippen molar-refractivity contribution in [2.45, 2.75) is 6.92 Å². The summed E-state index contributed by atoms with van der Waals surface area (Å²) < 4.78 is 2.91. The number of rotatable bonds is 0. The fraction of sp³-hybridized carbons (Fsp3) is 0.143. The van der Waals surface area contributed by atoms with Crippen molar-refractivity contribution in [2.24, 2.45) is 0 Å². The maximum Gasteiger partial charge on any atom is 0.105 e. The highest BCUT2D eigenvalue weighted by Crippen LogP contribution is 2.10. The Bertz CT molecular complexity index is 393. The van der Waals surface area contributed by atoms with Gasteiger partial charge in [-0.15, -0.1) is 5.10 Å². The summed E-state index contributed by atoms with van der Waals surface area (Å²) in [5.41, 5.74) is 2.06. The van der Waals surface area contributed by atoms with Gasteiger partial charge in [0.15, 0.2) is 0 Å². The van der Waals surface area contributed by atoms with Crippen molar-refractivity contribution in [2.75, 3.05) is 0 Å². The molecule has 2 heterocycles. The molecule has 0 saturated carbocycles. The lowest BCUT2D eigenvalue weighted by molar-refractivity contribution is 0.832. The van der Waals surface area contributed by atoms with E-state index >= 15 is 0 Å². The molecular formula is C7H6IN3. The zero-order valence-corrected chi connectivity index (χ0v) is 8.11. The lowest BCUT2D eigenvalue weighted by Crippen LogP contribution is -1.91. The van der Waals surface area contributed by atoms with E-state index in [0.717, 1.165) is 14.9 Å². The van der Waals surface area contributed by atoms with Crippen molar-refractivity contribution in [3.8, 4) is 0 Å². The van der Waals surface area contributed by atoms with Crippen LogP contribution < -0.4 is 0 Å². The molecule has 0 aromatic carbocycles. The zero-order valence-electron chi connectivity index (χ0n) is 5.95.